The number of rotatable bonds is 4. The number of aromatic amines is 1. The summed E-state index contributed by atoms with van der Waals surface area (Å²) in [6, 6.07) is 6.42. The van der Waals surface area contributed by atoms with Gasteiger partial charge < -0.3 is 25.5 Å². The number of ether oxygens (including phenoxy) is 1. The van der Waals surface area contributed by atoms with Gasteiger partial charge in [-0.05, 0) is 45.0 Å². The van der Waals surface area contributed by atoms with Crippen molar-refractivity contribution in [2.75, 3.05) is 11.9 Å². The number of fused-ring (bicyclic) bond motifs is 1. The smallest absolute Gasteiger partial charge is 0.408 e. The van der Waals surface area contributed by atoms with Gasteiger partial charge in [0.15, 0.2) is 0 Å². The molecule has 1 aromatic heterocycles. The average Bonchev–Trinajstić information content (AvgIpc) is 2.87. The van der Waals surface area contributed by atoms with Crippen LogP contribution in [0.3, 0.4) is 0 Å². The topological polar surface area (TPSA) is 121 Å². The van der Waals surface area contributed by atoms with Crippen molar-refractivity contribution in [3.8, 4) is 0 Å². The minimum absolute atomic E-state index is 0.0695. The molecular formula is C16H19N3O5. The van der Waals surface area contributed by atoms with Crippen LogP contribution in [-0.4, -0.2) is 40.2 Å². The predicted molar refractivity (Wildman–Crippen MR) is 88.1 cm³/mol. The number of aromatic carboxylic acids is 1. The molecule has 128 valence electrons. The van der Waals surface area contributed by atoms with Crippen molar-refractivity contribution in [1.29, 1.82) is 0 Å². The summed E-state index contributed by atoms with van der Waals surface area (Å²) in [5.41, 5.74) is 0.577. The maximum absolute atomic E-state index is 11.8. The molecule has 0 unspecified atom stereocenters. The molecule has 0 saturated carbocycles. The van der Waals surface area contributed by atoms with E-state index in [4.69, 9.17) is 9.84 Å². The van der Waals surface area contributed by atoms with E-state index in [0.29, 0.717) is 16.6 Å². The first-order chi connectivity index (χ1) is 11.1. The molecule has 4 N–H and O–H groups in total. The van der Waals surface area contributed by atoms with Crippen molar-refractivity contribution in [3.05, 3.63) is 30.0 Å². The van der Waals surface area contributed by atoms with E-state index in [0.717, 1.165) is 0 Å². The summed E-state index contributed by atoms with van der Waals surface area (Å²) in [6.07, 6.45) is -0.676. The van der Waals surface area contributed by atoms with Crippen LogP contribution in [0.5, 0.6) is 0 Å². The van der Waals surface area contributed by atoms with Gasteiger partial charge in [0, 0.05) is 16.6 Å². The molecule has 0 fully saturated rings. The monoisotopic (exact) mass is 333 g/mol. The largest absolute Gasteiger partial charge is 0.477 e. The van der Waals surface area contributed by atoms with Crippen molar-refractivity contribution >= 4 is 34.6 Å². The van der Waals surface area contributed by atoms with Crippen LogP contribution in [0.25, 0.3) is 10.9 Å². The fourth-order valence-electron chi connectivity index (χ4n) is 2.00. The number of benzene rings is 1. The second-order valence-electron chi connectivity index (χ2n) is 6.19. The van der Waals surface area contributed by atoms with E-state index in [1.807, 2.05) is 0 Å². The first-order valence-corrected chi connectivity index (χ1v) is 7.27. The van der Waals surface area contributed by atoms with Gasteiger partial charge in [-0.25, -0.2) is 9.59 Å². The summed E-state index contributed by atoms with van der Waals surface area (Å²) >= 11 is 0. The number of anilines is 1. The van der Waals surface area contributed by atoms with Crippen LogP contribution in [0, 0.1) is 0 Å². The van der Waals surface area contributed by atoms with Crippen molar-refractivity contribution < 1.29 is 24.2 Å². The molecule has 0 atom stereocenters. The van der Waals surface area contributed by atoms with E-state index < -0.39 is 23.6 Å². The third kappa shape index (κ3) is 4.73. The second kappa shape index (κ2) is 6.61. The maximum Gasteiger partial charge on any atom is 0.408 e. The first kappa shape index (κ1) is 17.3. The number of amides is 2. The van der Waals surface area contributed by atoms with Crippen LogP contribution in [0.2, 0.25) is 0 Å². The summed E-state index contributed by atoms with van der Waals surface area (Å²) in [5, 5.41) is 14.6. The lowest BCUT2D eigenvalue weighted by atomic mass is 10.2. The molecule has 0 aliphatic carbocycles. The number of aromatic nitrogens is 1. The van der Waals surface area contributed by atoms with Crippen molar-refractivity contribution in [3.63, 3.8) is 0 Å². The van der Waals surface area contributed by atoms with E-state index >= 15 is 0 Å². The molecule has 0 bridgehead atoms. The number of carbonyl (C=O) groups excluding carboxylic acids is 2. The lowest BCUT2D eigenvalue weighted by Crippen LogP contribution is -2.37. The molecule has 0 aliphatic rings. The fourth-order valence-corrected chi connectivity index (χ4v) is 2.00. The van der Waals surface area contributed by atoms with Gasteiger partial charge in [-0.3, -0.25) is 4.79 Å². The number of alkyl carbamates (subject to hydrolysis) is 1. The van der Waals surface area contributed by atoms with Gasteiger partial charge in [-0.2, -0.15) is 0 Å². The number of carbonyl (C=O) groups is 3. The number of hydrogen-bond donors (Lipinski definition) is 4. The highest BCUT2D eigenvalue weighted by Gasteiger charge is 2.16. The Hall–Kier alpha value is -3.03. The molecule has 1 heterocycles. The highest BCUT2D eigenvalue weighted by Crippen LogP contribution is 2.20. The third-order valence-corrected chi connectivity index (χ3v) is 2.93. The first-order valence-electron chi connectivity index (χ1n) is 7.27. The third-order valence-electron chi connectivity index (χ3n) is 2.93. The lowest BCUT2D eigenvalue weighted by molar-refractivity contribution is -0.115. The second-order valence-corrected chi connectivity index (χ2v) is 6.19. The quantitative estimate of drug-likeness (QED) is 0.684. The van der Waals surface area contributed by atoms with Crippen molar-refractivity contribution in [2.45, 2.75) is 26.4 Å². The number of carboxylic acids is 1. The number of H-pyrrole nitrogens is 1. The molecule has 1 aromatic carbocycles. The van der Waals surface area contributed by atoms with E-state index in [1.165, 1.54) is 6.07 Å². The Balaban J connectivity index is 1.95. The normalized spacial score (nSPS) is 11.1. The van der Waals surface area contributed by atoms with Crippen LogP contribution in [0.15, 0.2) is 24.3 Å². The predicted octanol–water partition coefficient (Wildman–Crippen LogP) is 2.33. The zero-order valence-electron chi connectivity index (χ0n) is 13.6. The molecule has 8 heteroatoms. The zero-order valence-corrected chi connectivity index (χ0v) is 13.6. The van der Waals surface area contributed by atoms with Crippen molar-refractivity contribution in [1.82, 2.24) is 10.3 Å². The van der Waals surface area contributed by atoms with Crippen LogP contribution >= 0.6 is 0 Å². The Labute approximate surface area is 138 Å². The minimum atomic E-state index is -1.06. The van der Waals surface area contributed by atoms with Crippen molar-refractivity contribution in [2.24, 2.45) is 0 Å². The molecule has 0 radical (unpaired) electrons. The van der Waals surface area contributed by atoms with Gasteiger partial charge in [0.1, 0.15) is 17.8 Å². The van der Waals surface area contributed by atoms with Crippen LogP contribution in [-0.2, 0) is 9.53 Å². The molecule has 24 heavy (non-hydrogen) atoms. The molecule has 2 amide bonds. The maximum atomic E-state index is 11.8. The summed E-state index contributed by atoms with van der Waals surface area (Å²) in [4.78, 5) is 37.0. The molecule has 8 nitrogen and oxygen atoms in total. The van der Waals surface area contributed by atoms with Crippen LogP contribution in [0.4, 0.5) is 10.5 Å². The Morgan fingerprint density at radius 3 is 2.54 bits per heavy atom. The molecule has 0 saturated heterocycles. The van der Waals surface area contributed by atoms with Crippen LogP contribution < -0.4 is 10.6 Å². The molecule has 0 spiro atoms. The average molecular weight is 333 g/mol. The minimum Gasteiger partial charge on any atom is -0.477 e. The van der Waals surface area contributed by atoms with E-state index in [2.05, 4.69) is 15.6 Å². The zero-order chi connectivity index (χ0) is 17.9. The Morgan fingerprint density at radius 1 is 1.21 bits per heavy atom. The van der Waals surface area contributed by atoms with E-state index in [9.17, 15) is 14.4 Å². The number of carboxylic acid groups (broad SMARTS) is 1. The summed E-state index contributed by atoms with van der Waals surface area (Å²) in [5.74, 6) is -1.48. The molecule has 2 rings (SSSR count). The summed E-state index contributed by atoms with van der Waals surface area (Å²) in [7, 11) is 0. The van der Waals surface area contributed by atoms with Gasteiger partial charge in [-0.15, -0.1) is 0 Å². The standard InChI is InChI=1S/C16H19N3O5/c1-16(2,3)24-15(23)17-8-13(20)18-10-4-5-11-9(6-10)7-12(19-11)14(21)22/h4-7,19H,8H2,1-3H3,(H,17,23)(H,18,20)(H,21,22). The molecule has 2 aromatic rings. The highest BCUT2D eigenvalue weighted by molar-refractivity contribution is 5.98. The summed E-state index contributed by atoms with van der Waals surface area (Å²) in [6.45, 7) is 4.94. The van der Waals surface area contributed by atoms with Gasteiger partial charge in [-0.1, -0.05) is 0 Å². The number of nitrogens with one attached hydrogen (secondary N) is 3. The van der Waals surface area contributed by atoms with E-state index in [-0.39, 0.29) is 12.2 Å². The number of hydrogen-bond acceptors (Lipinski definition) is 4. The van der Waals surface area contributed by atoms with Gasteiger partial charge in [0.25, 0.3) is 0 Å². The van der Waals surface area contributed by atoms with Gasteiger partial charge in [0.2, 0.25) is 5.91 Å². The van der Waals surface area contributed by atoms with Gasteiger partial charge in [0.05, 0.1) is 0 Å². The Morgan fingerprint density at radius 2 is 1.92 bits per heavy atom. The Bertz CT molecular complexity index is 789. The van der Waals surface area contributed by atoms with E-state index in [1.54, 1.807) is 39.0 Å². The van der Waals surface area contributed by atoms with Crippen LogP contribution in [0.1, 0.15) is 31.3 Å². The Kier molecular flexibility index (Phi) is 4.77. The molecular weight excluding hydrogens is 314 g/mol. The fraction of sp³-hybridized carbons (Fsp3) is 0.312. The summed E-state index contributed by atoms with van der Waals surface area (Å²) < 4.78 is 5.03. The highest BCUT2D eigenvalue weighted by atomic mass is 16.6. The lowest BCUT2D eigenvalue weighted by Gasteiger charge is -2.19. The van der Waals surface area contributed by atoms with Gasteiger partial charge >= 0.3 is 12.1 Å². The molecule has 0 aliphatic heterocycles. The SMILES string of the molecule is CC(C)(C)OC(=O)NCC(=O)Nc1ccc2[nH]c(C(=O)O)cc2c1.